The molecule has 2 rings (SSSR count). The van der Waals surface area contributed by atoms with Crippen LogP contribution in [0, 0.1) is 5.92 Å². The SMILES string of the molecule is CC(C)Cc1ccc(C(F)(F)CC2CCCN2)cc1. The van der Waals surface area contributed by atoms with E-state index in [1.807, 2.05) is 12.1 Å². The molecule has 1 fully saturated rings. The van der Waals surface area contributed by atoms with Crippen molar-refractivity contribution >= 4 is 0 Å². The Balaban J connectivity index is 2.02. The maximum absolute atomic E-state index is 14.2. The van der Waals surface area contributed by atoms with E-state index in [1.165, 1.54) is 0 Å². The first kappa shape index (κ1) is 14.4. The first-order valence-electron chi connectivity index (χ1n) is 7.18. The third kappa shape index (κ3) is 4.00. The van der Waals surface area contributed by atoms with Crippen molar-refractivity contribution in [1.29, 1.82) is 0 Å². The lowest BCUT2D eigenvalue weighted by atomic mass is 9.96. The van der Waals surface area contributed by atoms with Gasteiger partial charge in [-0.1, -0.05) is 38.1 Å². The number of hydrogen-bond acceptors (Lipinski definition) is 1. The van der Waals surface area contributed by atoms with Gasteiger partial charge < -0.3 is 5.32 Å². The summed E-state index contributed by atoms with van der Waals surface area (Å²) < 4.78 is 28.3. The Morgan fingerprint density at radius 1 is 1.26 bits per heavy atom. The van der Waals surface area contributed by atoms with Crippen LogP contribution in [0.1, 0.15) is 44.2 Å². The number of rotatable bonds is 5. The van der Waals surface area contributed by atoms with Crippen molar-refractivity contribution < 1.29 is 8.78 Å². The van der Waals surface area contributed by atoms with Crippen LogP contribution in [-0.2, 0) is 12.3 Å². The van der Waals surface area contributed by atoms with Gasteiger partial charge in [-0.25, -0.2) is 8.78 Å². The maximum Gasteiger partial charge on any atom is 0.274 e. The van der Waals surface area contributed by atoms with E-state index in [9.17, 15) is 8.78 Å². The summed E-state index contributed by atoms with van der Waals surface area (Å²) >= 11 is 0. The molecule has 106 valence electrons. The molecule has 3 heteroatoms. The van der Waals surface area contributed by atoms with E-state index in [2.05, 4.69) is 19.2 Å². The highest BCUT2D eigenvalue weighted by Gasteiger charge is 2.35. The maximum atomic E-state index is 14.2. The van der Waals surface area contributed by atoms with Crippen LogP contribution in [0.2, 0.25) is 0 Å². The second-order valence-corrected chi connectivity index (χ2v) is 6.00. The van der Waals surface area contributed by atoms with Gasteiger partial charge in [-0.3, -0.25) is 0 Å². The van der Waals surface area contributed by atoms with E-state index >= 15 is 0 Å². The van der Waals surface area contributed by atoms with Gasteiger partial charge in [-0.15, -0.1) is 0 Å². The predicted octanol–water partition coefficient (Wildman–Crippen LogP) is 4.12. The van der Waals surface area contributed by atoms with E-state index in [0.717, 1.165) is 31.4 Å². The van der Waals surface area contributed by atoms with Crippen LogP contribution >= 0.6 is 0 Å². The third-order valence-electron chi connectivity index (χ3n) is 3.69. The molecule has 0 aliphatic carbocycles. The molecule has 1 atom stereocenters. The quantitative estimate of drug-likeness (QED) is 0.846. The molecule has 1 aliphatic rings. The van der Waals surface area contributed by atoms with Crippen LogP contribution in [-0.4, -0.2) is 12.6 Å². The smallest absolute Gasteiger partial charge is 0.274 e. The fourth-order valence-corrected chi connectivity index (χ4v) is 2.71. The van der Waals surface area contributed by atoms with Crippen molar-refractivity contribution in [3.63, 3.8) is 0 Å². The van der Waals surface area contributed by atoms with Crippen molar-refractivity contribution in [2.75, 3.05) is 6.54 Å². The summed E-state index contributed by atoms with van der Waals surface area (Å²) in [4.78, 5) is 0. The summed E-state index contributed by atoms with van der Waals surface area (Å²) in [5.74, 6) is -2.17. The van der Waals surface area contributed by atoms with Crippen LogP contribution in [0.25, 0.3) is 0 Å². The van der Waals surface area contributed by atoms with Gasteiger partial charge in [-0.05, 0) is 37.3 Å². The molecule has 0 amide bonds. The topological polar surface area (TPSA) is 12.0 Å². The minimum atomic E-state index is -2.72. The van der Waals surface area contributed by atoms with Crippen LogP contribution in [0.3, 0.4) is 0 Å². The van der Waals surface area contributed by atoms with E-state index in [4.69, 9.17) is 0 Å². The van der Waals surface area contributed by atoms with E-state index in [1.54, 1.807) is 12.1 Å². The van der Waals surface area contributed by atoms with Crippen molar-refractivity contribution in [2.45, 2.75) is 51.5 Å². The highest BCUT2D eigenvalue weighted by molar-refractivity contribution is 5.26. The van der Waals surface area contributed by atoms with Gasteiger partial charge in [0.2, 0.25) is 0 Å². The molecular formula is C16H23F2N. The summed E-state index contributed by atoms with van der Waals surface area (Å²) in [6, 6.07) is 6.82. The Morgan fingerprint density at radius 3 is 2.47 bits per heavy atom. The number of halogens is 2. The first-order chi connectivity index (χ1) is 8.97. The van der Waals surface area contributed by atoms with Crippen LogP contribution in [0.15, 0.2) is 24.3 Å². The number of nitrogens with one attached hydrogen (secondary N) is 1. The lowest BCUT2D eigenvalue weighted by molar-refractivity contribution is -0.0213. The van der Waals surface area contributed by atoms with Crippen molar-refractivity contribution in [2.24, 2.45) is 5.92 Å². The Labute approximate surface area is 114 Å². The Bertz CT molecular complexity index is 392. The molecule has 0 saturated carbocycles. The lowest BCUT2D eigenvalue weighted by Gasteiger charge is -2.21. The van der Waals surface area contributed by atoms with Crippen molar-refractivity contribution in [1.82, 2.24) is 5.32 Å². The summed E-state index contributed by atoms with van der Waals surface area (Å²) in [6.07, 6.45) is 2.72. The predicted molar refractivity (Wildman–Crippen MR) is 74.5 cm³/mol. The molecule has 0 aromatic heterocycles. The van der Waals surface area contributed by atoms with Crippen LogP contribution in [0.4, 0.5) is 8.78 Å². The van der Waals surface area contributed by atoms with Crippen LogP contribution in [0.5, 0.6) is 0 Å². The highest BCUT2D eigenvalue weighted by atomic mass is 19.3. The van der Waals surface area contributed by atoms with E-state index in [0.29, 0.717) is 5.92 Å². The highest BCUT2D eigenvalue weighted by Crippen LogP contribution is 2.34. The van der Waals surface area contributed by atoms with Gasteiger partial charge in [0.1, 0.15) is 0 Å². The fraction of sp³-hybridized carbons (Fsp3) is 0.625. The molecule has 1 saturated heterocycles. The zero-order valence-corrected chi connectivity index (χ0v) is 11.8. The monoisotopic (exact) mass is 267 g/mol. The zero-order chi connectivity index (χ0) is 13.9. The molecule has 19 heavy (non-hydrogen) atoms. The van der Waals surface area contributed by atoms with Gasteiger partial charge in [-0.2, -0.15) is 0 Å². The Morgan fingerprint density at radius 2 is 1.95 bits per heavy atom. The number of benzene rings is 1. The van der Waals surface area contributed by atoms with Gasteiger partial charge in [0.05, 0.1) is 0 Å². The average Bonchev–Trinajstić information content (AvgIpc) is 2.81. The fourth-order valence-electron chi connectivity index (χ4n) is 2.71. The van der Waals surface area contributed by atoms with Gasteiger partial charge >= 0.3 is 0 Å². The number of hydrogen-bond donors (Lipinski definition) is 1. The zero-order valence-electron chi connectivity index (χ0n) is 11.8. The van der Waals surface area contributed by atoms with Gasteiger partial charge in [0, 0.05) is 18.0 Å². The summed E-state index contributed by atoms with van der Waals surface area (Å²) in [5.41, 5.74) is 1.28. The largest absolute Gasteiger partial charge is 0.314 e. The molecule has 1 N–H and O–H groups in total. The Hall–Kier alpha value is -0.960. The molecule has 1 unspecified atom stereocenters. The molecule has 1 nitrogen and oxygen atoms in total. The molecule has 1 aromatic rings. The average molecular weight is 267 g/mol. The third-order valence-corrected chi connectivity index (χ3v) is 3.69. The normalized spacial score (nSPS) is 20.2. The minimum absolute atomic E-state index is 0.0367. The molecule has 1 aromatic carbocycles. The molecule has 0 radical (unpaired) electrons. The second-order valence-electron chi connectivity index (χ2n) is 6.00. The summed E-state index contributed by atoms with van der Waals surface area (Å²) in [5, 5.41) is 3.14. The first-order valence-corrected chi connectivity index (χ1v) is 7.18. The minimum Gasteiger partial charge on any atom is -0.314 e. The van der Waals surface area contributed by atoms with E-state index in [-0.39, 0.29) is 18.0 Å². The van der Waals surface area contributed by atoms with Crippen molar-refractivity contribution in [3.8, 4) is 0 Å². The van der Waals surface area contributed by atoms with E-state index < -0.39 is 5.92 Å². The molecule has 0 spiro atoms. The molecular weight excluding hydrogens is 244 g/mol. The van der Waals surface area contributed by atoms with Gasteiger partial charge in [0.25, 0.3) is 5.92 Å². The number of alkyl halides is 2. The Kier molecular flexibility index (Phi) is 4.56. The molecule has 1 heterocycles. The lowest BCUT2D eigenvalue weighted by Crippen LogP contribution is -2.29. The standard InChI is InChI=1S/C16H23F2N/c1-12(2)10-13-5-7-14(8-6-13)16(17,18)11-15-4-3-9-19-15/h5-8,12,15,19H,3-4,9-11H2,1-2H3. The summed E-state index contributed by atoms with van der Waals surface area (Å²) in [6.45, 7) is 5.14. The van der Waals surface area contributed by atoms with Crippen molar-refractivity contribution in [3.05, 3.63) is 35.4 Å². The second kappa shape index (κ2) is 6.00. The van der Waals surface area contributed by atoms with Crippen LogP contribution < -0.4 is 5.32 Å². The van der Waals surface area contributed by atoms with Gasteiger partial charge in [0.15, 0.2) is 0 Å². The summed E-state index contributed by atoms with van der Waals surface area (Å²) in [7, 11) is 0. The molecule has 0 bridgehead atoms. The molecule has 1 aliphatic heterocycles.